The lowest BCUT2D eigenvalue weighted by molar-refractivity contribution is -0.151. The molecule has 1 aromatic rings. The molecular formula is C16H21NO5. The summed E-state index contributed by atoms with van der Waals surface area (Å²) in [6.07, 6.45) is -0.752. The lowest BCUT2D eigenvalue weighted by Crippen LogP contribution is -2.37. The summed E-state index contributed by atoms with van der Waals surface area (Å²) in [7, 11) is 0. The Kier molecular flexibility index (Phi) is 5.38. The number of aliphatic carboxylic acids is 1. The zero-order valence-corrected chi connectivity index (χ0v) is 12.8. The van der Waals surface area contributed by atoms with Gasteiger partial charge in [0.2, 0.25) is 5.91 Å². The fourth-order valence-electron chi connectivity index (χ4n) is 2.48. The third-order valence-electron chi connectivity index (χ3n) is 3.45. The minimum Gasteiger partial charge on any atom is -0.492 e. The van der Waals surface area contributed by atoms with Gasteiger partial charge in [-0.3, -0.25) is 4.79 Å². The van der Waals surface area contributed by atoms with Crippen molar-refractivity contribution in [2.24, 2.45) is 0 Å². The third kappa shape index (κ3) is 4.46. The minimum atomic E-state index is -1.02. The topological polar surface area (TPSA) is 84.9 Å². The quantitative estimate of drug-likeness (QED) is 0.777. The van der Waals surface area contributed by atoms with Crippen LogP contribution >= 0.6 is 0 Å². The van der Waals surface area contributed by atoms with Crippen molar-refractivity contribution >= 4 is 11.9 Å². The standard InChI is InChI=1S/C16H21NO5/c1-10-7-11(2)9-12(8-10)21-6-5-17-15(18)13-3-4-14(22-13)16(19)20/h7-9,13-14H,3-6H2,1-2H3,(H,17,18)(H,19,20)/t13-,14+/m0/s1. The zero-order valence-electron chi connectivity index (χ0n) is 12.8. The molecule has 1 fully saturated rings. The van der Waals surface area contributed by atoms with E-state index in [1.54, 1.807) is 0 Å². The molecule has 1 saturated heterocycles. The Morgan fingerprint density at radius 2 is 1.86 bits per heavy atom. The first-order chi connectivity index (χ1) is 10.5. The molecule has 0 aliphatic carbocycles. The molecule has 6 heteroatoms. The number of amides is 1. The van der Waals surface area contributed by atoms with Crippen molar-refractivity contribution in [2.75, 3.05) is 13.2 Å². The van der Waals surface area contributed by atoms with Gasteiger partial charge in [0.25, 0.3) is 0 Å². The van der Waals surface area contributed by atoms with Crippen LogP contribution in [0.5, 0.6) is 5.75 Å². The number of ether oxygens (including phenoxy) is 2. The lowest BCUT2D eigenvalue weighted by atomic mass is 10.1. The van der Waals surface area contributed by atoms with Crippen LogP contribution in [0.1, 0.15) is 24.0 Å². The number of carboxylic acid groups (broad SMARTS) is 1. The molecule has 2 N–H and O–H groups in total. The van der Waals surface area contributed by atoms with Gasteiger partial charge in [-0.05, 0) is 49.9 Å². The molecule has 1 aliphatic rings. The maximum Gasteiger partial charge on any atom is 0.332 e. The Morgan fingerprint density at radius 1 is 1.23 bits per heavy atom. The van der Waals surface area contributed by atoms with E-state index in [0.29, 0.717) is 26.0 Å². The van der Waals surface area contributed by atoms with E-state index in [1.807, 2.05) is 26.0 Å². The van der Waals surface area contributed by atoms with Gasteiger partial charge in [-0.15, -0.1) is 0 Å². The number of hydrogen-bond acceptors (Lipinski definition) is 4. The number of aryl methyl sites for hydroxylation is 2. The van der Waals surface area contributed by atoms with E-state index >= 15 is 0 Å². The van der Waals surface area contributed by atoms with Crippen LogP contribution in [0.4, 0.5) is 0 Å². The van der Waals surface area contributed by atoms with Crippen molar-refractivity contribution in [1.29, 1.82) is 0 Å². The van der Waals surface area contributed by atoms with Crippen molar-refractivity contribution in [3.8, 4) is 5.75 Å². The van der Waals surface area contributed by atoms with Crippen molar-refractivity contribution in [1.82, 2.24) is 5.32 Å². The Bertz CT molecular complexity index is 537. The summed E-state index contributed by atoms with van der Waals surface area (Å²) in [6.45, 7) is 4.70. The van der Waals surface area contributed by atoms with Crippen LogP contribution in [0.25, 0.3) is 0 Å². The largest absolute Gasteiger partial charge is 0.492 e. The summed E-state index contributed by atoms with van der Waals surface area (Å²) in [6, 6.07) is 5.93. The summed E-state index contributed by atoms with van der Waals surface area (Å²) in [4.78, 5) is 22.6. The summed E-state index contributed by atoms with van der Waals surface area (Å²) in [5.74, 6) is -0.531. The van der Waals surface area contributed by atoms with Crippen molar-refractivity contribution in [3.63, 3.8) is 0 Å². The van der Waals surface area contributed by atoms with E-state index in [-0.39, 0.29) is 5.91 Å². The Balaban J connectivity index is 1.70. The number of nitrogens with one attached hydrogen (secondary N) is 1. The van der Waals surface area contributed by atoms with Crippen LogP contribution < -0.4 is 10.1 Å². The van der Waals surface area contributed by atoms with E-state index in [0.717, 1.165) is 16.9 Å². The summed E-state index contributed by atoms with van der Waals surface area (Å²) < 4.78 is 10.8. The van der Waals surface area contributed by atoms with Gasteiger partial charge in [-0.2, -0.15) is 0 Å². The summed E-state index contributed by atoms with van der Waals surface area (Å²) in [5.41, 5.74) is 2.25. The van der Waals surface area contributed by atoms with E-state index in [9.17, 15) is 9.59 Å². The second-order valence-corrected chi connectivity index (χ2v) is 5.49. The molecule has 2 atom stereocenters. The van der Waals surface area contributed by atoms with Gasteiger partial charge >= 0.3 is 5.97 Å². The molecule has 6 nitrogen and oxygen atoms in total. The predicted octanol–water partition coefficient (Wildman–Crippen LogP) is 1.43. The second kappa shape index (κ2) is 7.26. The molecule has 1 amide bonds. The molecule has 0 saturated carbocycles. The maximum absolute atomic E-state index is 11.8. The highest BCUT2D eigenvalue weighted by molar-refractivity contribution is 5.82. The first-order valence-corrected chi connectivity index (χ1v) is 7.33. The number of benzene rings is 1. The summed E-state index contributed by atoms with van der Waals surface area (Å²) >= 11 is 0. The highest BCUT2D eigenvalue weighted by atomic mass is 16.5. The average molecular weight is 307 g/mol. The normalized spacial score (nSPS) is 20.6. The van der Waals surface area contributed by atoms with Crippen molar-refractivity contribution < 1.29 is 24.2 Å². The van der Waals surface area contributed by atoms with Crippen LogP contribution in [0, 0.1) is 13.8 Å². The van der Waals surface area contributed by atoms with Crippen LogP contribution in [0.15, 0.2) is 18.2 Å². The third-order valence-corrected chi connectivity index (χ3v) is 3.45. The number of carbonyl (C=O) groups excluding carboxylic acids is 1. The Hall–Kier alpha value is -2.08. The second-order valence-electron chi connectivity index (χ2n) is 5.49. The van der Waals surface area contributed by atoms with Crippen molar-refractivity contribution in [3.05, 3.63) is 29.3 Å². The molecule has 120 valence electrons. The van der Waals surface area contributed by atoms with Crippen LogP contribution in [0.3, 0.4) is 0 Å². The molecule has 0 bridgehead atoms. The average Bonchev–Trinajstić information content (AvgIpc) is 2.92. The van der Waals surface area contributed by atoms with E-state index in [1.165, 1.54) is 0 Å². The van der Waals surface area contributed by atoms with Gasteiger partial charge in [0.1, 0.15) is 18.5 Å². The van der Waals surface area contributed by atoms with Crippen LogP contribution in [-0.2, 0) is 14.3 Å². The molecule has 0 radical (unpaired) electrons. The highest BCUT2D eigenvalue weighted by Crippen LogP contribution is 2.20. The molecule has 0 spiro atoms. The van der Waals surface area contributed by atoms with Crippen LogP contribution in [-0.4, -0.2) is 42.3 Å². The molecular weight excluding hydrogens is 286 g/mol. The van der Waals surface area contributed by atoms with E-state index in [4.69, 9.17) is 14.6 Å². The van der Waals surface area contributed by atoms with E-state index < -0.39 is 18.2 Å². The van der Waals surface area contributed by atoms with Crippen LogP contribution in [0.2, 0.25) is 0 Å². The Labute approximate surface area is 129 Å². The number of hydrogen-bond donors (Lipinski definition) is 2. The van der Waals surface area contributed by atoms with Gasteiger partial charge < -0.3 is 19.9 Å². The first kappa shape index (κ1) is 16.3. The fraction of sp³-hybridized carbons (Fsp3) is 0.500. The van der Waals surface area contributed by atoms with Gasteiger partial charge in [-0.25, -0.2) is 4.79 Å². The molecule has 1 heterocycles. The number of carboxylic acids is 1. The van der Waals surface area contributed by atoms with Gasteiger partial charge in [0.15, 0.2) is 6.10 Å². The number of rotatable bonds is 6. The maximum atomic E-state index is 11.8. The first-order valence-electron chi connectivity index (χ1n) is 7.33. The zero-order chi connectivity index (χ0) is 16.1. The smallest absolute Gasteiger partial charge is 0.332 e. The molecule has 0 aromatic heterocycles. The predicted molar refractivity (Wildman–Crippen MR) is 80.0 cm³/mol. The van der Waals surface area contributed by atoms with Gasteiger partial charge in [-0.1, -0.05) is 6.07 Å². The minimum absolute atomic E-state index is 0.284. The van der Waals surface area contributed by atoms with E-state index in [2.05, 4.69) is 11.4 Å². The molecule has 2 rings (SSSR count). The summed E-state index contributed by atoms with van der Waals surface area (Å²) in [5, 5.41) is 11.5. The van der Waals surface area contributed by atoms with Gasteiger partial charge in [0, 0.05) is 0 Å². The fourth-order valence-corrected chi connectivity index (χ4v) is 2.48. The van der Waals surface area contributed by atoms with Gasteiger partial charge in [0.05, 0.1) is 6.54 Å². The highest BCUT2D eigenvalue weighted by Gasteiger charge is 2.34. The molecule has 22 heavy (non-hydrogen) atoms. The monoisotopic (exact) mass is 307 g/mol. The lowest BCUT2D eigenvalue weighted by Gasteiger charge is -2.12. The molecule has 1 aromatic carbocycles. The Morgan fingerprint density at radius 3 is 2.45 bits per heavy atom. The molecule has 0 unspecified atom stereocenters. The van der Waals surface area contributed by atoms with Crippen molar-refractivity contribution in [2.45, 2.75) is 38.9 Å². The number of carbonyl (C=O) groups is 2. The molecule has 1 aliphatic heterocycles. The SMILES string of the molecule is Cc1cc(C)cc(OCCNC(=O)[C@@H]2CC[C@H](C(=O)O)O2)c1.